The van der Waals surface area contributed by atoms with Crippen LogP contribution in [0.4, 0.5) is 10.5 Å². The maximum absolute atomic E-state index is 12.4. The number of urea groups is 1. The molecule has 0 saturated carbocycles. The first-order valence-electron chi connectivity index (χ1n) is 8.90. The molecule has 0 bridgehead atoms. The van der Waals surface area contributed by atoms with E-state index in [9.17, 15) is 4.79 Å². The second-order valence-corrected chi connectivity index (χ2v) is 6.27. The monoisotopic (exact) mass is 375 g/mol. The van der Waals surface area contributed by atoms with Crippen molar-refractivity contribution in [2.75, 3.05) is 18.9 Å². The van der Waals surface area contributed by atoms with Crippen LogP contribution in [0.1, 0.15) is 12.0 Å². The third kappa shape index (κ3) is 5.35. The lowest BCUT2D eigenvalue weighted by molar-refractivity contribution is 0.221. The lowest BCUT2D eigenvalue weighted by Crippen LogP contribution is -2.32. The number of amides is 2. The number of aryl methyl sites for hydroxylation is 1. The minimum Gasteiger partial charge on any atom is -0.457 e. The molecule has 2 amide bonds. The van der Waals surface area contributed by atoms with Crippen molar-refractivity contribution < 1.29 is 9.53 Å². The predicted molar refractivity (Wildman–Crippen MR) is 106 cm³/mol. The zero-order valence-electron chi connectivity index (χ0n) is 15.6. The van der Waals surface area contributed by atoms with Crippen LogP contribution < -0.4 is 10.1 Å². The fourth-order valence-corrected chi connectivity index (χ4v) is 2.60. The summed E-state index contributed by atoms with van der Waals surface area (Å²) in [5.74, 6) is 1.23. The number of ether oxygens (including phenoxy) is 1. The standard InChI is InChI=1S/C21H21N5O2/c1-25(11-3-12-26-13-10-23-16-26)21(27)24-18-4-2-5-20(14-18)28-19-8-6-17(15-22)7-9-19/h2,4-10,13-14,16H,3,11-12H2,1H3,(H,24,27). The normalized spacial score (nSPS) is 10.1. The molecule has 0 unspecified atom stereocenters. The summed E-state index contributed by atoms with van der Waals surface area (Å²) in [5.41, 5.74) is 1.22. The number of carbonyl (C=O) groups excluding carboxylic acids is 1. The second kappa shape index (κ2) is 9.24. The highest BCUT2D eigenvalue weighted by molar-refractivity contribution is 5.89. The van der Waals surface area contributed by atoms with Gasteiger partial charge in [0.05, 0.1) is 18.0 Å². The van der Waals surface area contributed by atoms with Crippen molar-refractivity contribution in [1.82, 2.24) is 14.5 Å². The van der Waals surface area contributed by atoms with Crippen LogP contribution in [0.15, 0.2) is 67.3 Å². The van der Waals surface area contributed by atoms with Gasteiger partial charge in [-0.15, -0.1) is 0 Å². The van der Waals surface area contributed by atoms with Gasteiger partial charge in [-0.05, 0) is 42.8 Å². The third-order valence-corrected chi connectivity index (χ3v) is 4.12. The van der Waals surface area contributed by atoms with Gasteiger partial charge in [0.15, 0.2) is 0 Å². The lowest BCUT2D eigenvalue weighted by atomic mass is 10.2. The Labute approximate surface area is 163 Å². The zero-order valence-corrected chi connectivity index (χ0v) is 15.6. The van der Waals surface area contributed by atoms with Crippen molar-refractivity contribution in [1.29, 1.82) is 5.26 Å². The van der Waals surface area contributed by atoms with E-state index in [1.165, 1.54) is 0 Å². The molecule has 1 N–H and O–H groups in total. The Morgan fingerprint density at radius 2 is 2.07 bits per heavy atom. The van der Waals surface area contributed by atoms with Crippen molar-refractivity contribution in [3.63, 3.8) is 0 Å². The number of carbonyl (C=O) groups is 1. The number of hydrogen-bond acceptors (Lipinski definition) is 4. The van der Waals surface area contributed by atoms with E-state index in [1.807, 2.05) is 29.0 Å². The Morgan fingerprint density at radius 1 is 1.25 bits per heavy atom. The third-order valence-electron chi connectivity index (χ3n) is 4.12. The molecule has 0 fully saturated rings. The largest absolute Gasteiger partial charge is 0.457 e. The van der Waals surface area contributed by atoms with Crippen molar-refractivity contribution in [3.05, 3.63) is 72.8 Å². The summed E-state index contributed by atoms with van der Waals surface area (Å²) in [6.07, 6.45) is 6.24. The van der Waals surface area contributed by atoms with E-state index >= 15 is 0 Å². The van der Waals surface area contributed by atoms with E-state index in [1.54, 1.807) is 54.8 Å². The van der Waals surface area contributed by atoms with Crippen molar-refractivity contribution in [2.24, 2.45) is 0 Å². The number of hydrogen-bond donors (Lipinski definition) is 1. The molecule has 0 aliphatic rings. The molecular weight excluding hydrogens is 354 g/mol. The molecule has 7 heteroatoms. The van der Waals surface area contributed by atoms with Gasteiger partial charge in [-0.2, -0.15) is 5.26 Å². The van der Waals surface area contributed by atoms with Gasteiger partial charge >= 0.3 is 6.03 Å². The molecule has 7 nitrogen and oxygen atoms in total. The zero-order chi connectivity index (χ0) is 19.8. The molecule has 1 aromatic heterocycles. The Bertz CT molecular complexity index is 946. The molecule has 0 aliphatic heterocycles. The van der Waals surface area contributed by atoms with Crippen LogP contribution in [0.3, 0.4) is 0 Å². The average molecular weight is 375 g/mol. The number of rotatable bonds is 7. The first-order chi connectivity index (χ1) is 13.6. The molecule has 0 spiro atoms. The molecular formula is C21H21N5O2. The minimum atomic E-state index is -0.179. The highest BCUT2D eigenvalue weighted by Gasteiger charge is 2.09. The topological polar surface area (TPSA) is 83.2 Å². The molecule has 142 valence electrons. The summed E-state index contributed by atoms with van der Waals surface area (Å²) in [6.45, 7) is 1.44. The van der Waals surface area contributed by atoms with Crippen LogP contribution in [0.25, 0.3) is 0 Å². The number of anilines is 1. The summed E-state index contributed by atoms with van der Waals surface area (Å²) < 4.78 is 7.77. The predicted octanol–water partition coefficient (Wildman–Crippen LogP) is 4.10. The SMILES string of the molecule is CN(CCCn1ccnc1)C(=O)Nc1cccc(Oc2ccc(C#N)cc2)c1. The highest BCUT2D eigenvalue weighted by atomic mass is 16.5. The Morgan fingerprint density at radius 3 is 2.79 bits per heavy atom. The number of nitriles is 1. The highest BCUT2D eigenvalue weighted by Crippen LogP contribution is 2.24. The molecule has 0 radical (unpaired) electrons. The fraction of sp³-hybridized carbons (Fsp3) is 0.190. The number of nitrogens with one attached hydrogen (secondary N) is 1. The summed E-state index contributed by atoms with van der Waals surface area (Å²) in [5, 5.41) is 11.7. The van der Waals surface area contributed by atoms with E-state index in [0.29, 0.717) is 29.3 Å². The summed E-state index contributed by atoms with van der Waals surface area (Å²) >= 11 is 0. The number of nitrogens with zero attached hydrogens (tertiary/aromatic N) is 4. The van der Waals surface area contributed by atoms with Gasteiger partial charge in [-0.1, -0.05) is 6.07 Å². The van der Waals surface area contributed by atoms with Crippen LogP contribution in [-0.4, -0.2) is 34.1 Å². The van der Waals surface area contributed by atoms with Crippen LogP contribution in [0.5, 0.6) is 11.5 Å². The van der Waals surface area contributed by atoms with E-state index < -0.39 is 0 Å². The fourth-order valence-electron chi connectivity index (χ4n) is 2.60. The Kier molecular flexibility index (Phi) is 6.26. The van der Waals surface area contributed by atoms with Crippen LogP contribution in [-0.2, 0) is 6.54 Å². The van der Waals surface area contributed by atoms with Gasteiger partial charge in [-0.25, -0.2) is 9.78 Å². The van der Waals surface area contributed by atoms with Crippen LogP contribution in [0.2, 0.25) is 0 Å². The molecule has 3 aromatic rings. The second-order valence-electron chi connectivity index (χ2n) is 6.27. The van der Waals surface area contributed by atoms with E-state index in [2.05, 4.69) is 16.4 Å². The van der Waals surface area contributed by atoms with E-state index in [4.69, 9.17) is 10.00 Å². The van der Waals surface area contributed by atoms with Gasteiger partial charge in [0, 0.05) is 44.3 Å². The molecule has 1 heterocycles. The van der Waals surface area contributed by atoms with Gasteiger partial charge < -0.3 is 19.5 Å². The molecule has 28 heavy (non-hydrogen) atoms. The molecule has 3 rings (SSSR count). The van der Waals surface area contributed by atoms with E-state index in [-0.39, 0.29) is 6.03 Å². The first kappa shape index (κ1) is 19.0. The maximum atomic E-state index is 12.4. The summed E-state index contributed by atoms with van der Waals surface area (Å²) in [7, 11) is 1.76. The lowest BCUT2D eigenvalue weighted by Gasteiger charge is -2.18. The smallest absolute Gasteiger partial charge is 0.321 e. The van der Waals surface area contributed by atoms with Gasteiger partial charge in [0.1, 0.15) is 11.5 Å². The van der Waals surface area contributed by atoms with Gasteiger partial charge in [0.2, 0.25) is 0 Å². The Balaban J connectivity index is 1.52. The summed E-state index contributed by atoms with van der Waals surface area (Å²) in [6, 6.07) is 15.9. The maximum Gasteiger partial charge on any atom is 0.321 e. The van der Waals surface area contributed by atoms with Crippen molar-refractivity contribution in [2.45, 2.75) is 13.0 Å². The first-order valence-corrected chi connectivity index (χ1v) is 8.90. The van der Waals surface area contributed by atoms with Crippen LogP contribution in [0, 0.1) is 11.3 Å². The van der Waals surface area contributed by atoms with Gasteiger partial charge in [0.25, 0.3) is 0 Å². The van der Waals surface area contributed by atoms with E-state index in [0.717, 1.165) is 13.0 Å². The number of imidazole rings is 1. The molecule has 0 aliphatic carbocycles. The van der Waals surface area contributed by atoms with Crippen molar-refractivity contribution >= 4 is 11.7 Å². The minimum absolute atomic E-state index is 0.179. The Hall–Kier alpha value is -3.79. The quantitative estimate of drug-likeness (QED) is 0.674. The average Bonchev–Trinajstić information content (AvgIpc) is 3.22. The van der Waals surface area contributed by atoms with Crippen LogP contribution >= 0.6 is 0 Å². The molecule has 0 atom stereocenters. The molecule has 2 aromatic carbocycles. The number of aromatic nitrogens is 2. The van der Waals surface area contributed by atoms with Gasteiger partial charge in [-0.3, -0.25) is 0 Å². The number of benzene rings is 2. The molecule has 0 saturated heterocycles. The summed E-state index contributed by atoms with van der Waals surface area (Å²) in [4.78, 5) is 18.0. The van der Waals surface area contributed by atoms with Crippen molar-refractivity contribution in [3.8, 4) is 17.6 Å².